The van der Waals surface area contributed by atoms with E-state index in [-0.39, 0.29) is 17.3 Å². The first-order valence-corrected chi connectivity index (χ1v) is 5.84. The van der Waals surface area contributed by atoms with Crippen LogP contribution in [-0.4, -0.2) is 22.1 Å². The van der Waals surface area contributed by atoms with Gasteiger partial charge in [0, 0.05) is 12.5 Å². The van der Waals surface area contributed by atoms with Crippen molar-refractivity contribution in [3.05, 3.63) is 42.0 Å². The molecular weight excluding hydrogens is 246 g/mol. The van der Waals surface area contributed by atoms with Gasteiger partial charge in [-0.1, -0.05) is 0 Å². The van der Waals surface area contributed by atoms with Crippen LogP contribution in [0.15, 0.2) is 35.1 Å². The summed E-state index contributed by atoms with van der Waals surface area (Å²) in [6.45, 7) is 1.96. The first-order valence-electron chi connectivity index (χ1n) is 5.84. The van der Waals surface area contributed by atoms with Crippen molar-refractivity contribution in [1.82, 2.24) is 4.98 Å². The van der Waals surface area contributed by atoms with Crippen LogP contribution >= 0.6 is 0 Å². The standard InChI is InChI=1S/C13H15N3O3/c1-8(5-9-3-2-4-19-9)16-12-6-10(13(17)18)11(14)7-15-12/h2-4,6-8H,5,14H2,1H3,(H,15,16)(H,17,18). The molecule has 100 valence electrons. The molecule has 2 aromatic rings. The van der Waals surface area contributed by atoms with E-state index in [0.29, 0.717) is 12.2 Å². The third kappa shape index (κ3) is 3.25. The number of hydrogen-bond donors (Lipinski definition) is 3. The van der Waals surface area contributed by atoms with E-state index in [1.165, 1.54) is 12.3 Å². The van der Waals surface area contributed by atoms with E-state index in [4.69, 9.17) is 15.3 Å². The van der Waals surface area contributed by atoms with Crippen LogP contribution in [0.25, 0.3) is 0 Å². The highest BCUT2D eigenvalue weighted by atomic mass is 16.4. The minimum atomic E-state index is -1.07. The van der Waals surface area contributed by atoms with E-state index < -0.39 is 5.97 Å². The summed E-state index contributed by atoms with van der Waals surface area (Å²) in [6, 6.07) is 5.20. The number of nitrogens with zero attached hydrogens (tertiary/aromatic N) is 1. The monoisotopic (exact) mass is 261 g/mol. The van der Waals surface area contributed by atoms with Crippen molar-refractivity contribution in [3.8, 4) is 0 Å². The number of aromatic nitrogens is 1. The Kier molecular flexibility index (Phi) is 3.70. The van der Waals surface area contributed by atoms with Gasteiger partial charge in [-0.2, -0.15) is 0 Å². The van der Waals surface area contributed by atoms with E-state index in [9.17, 15) is 4.79 Å². The van der Waals surface area contributed by atoms with E-state index >= 15 is 0 Å². The molecule has 6 heteroatoms. The smallest absolute Gasteiger partial charge is 0.337 e. The number of nitrogen functional groups attached to an aromatic ring is 1. The number of anilines is 2. The average molecular weight is 261 g/mol. The lowest BCUT2D eigenvalue weighted by molar-refractivity contribution is 0.0698. The zero-order valence-corrected chi connectivity index (χ0v) is 10.5. The number of nitrogens with two attached hydrogens (primary N) is 1. The summed E-state index contributed by atoms with van der Waals surface area (Å²) in [5.74, 6) is 0.265. The lowest BCUT2D eigenvalue weighted by atomic mass is 10.2. The third-order valence-electron chi connectivity index (χ3n) is 2.65. The molecule has 0 aliphatic rings. The predicted octanol–water partition coefficient (Wildman–Crippen LogP) is 2.00. The van der Waals surface area contributed by atoms with Crippen molar-refractivity contribution in [3.63, 3.8) is 0 Å². The fourth-order valence-corrected chi connectivity index (χ4v) is 1.76. The Morgan fingerprint density at radius 3 is 3.05 bits per heavy atom. The van der Waals surface area contributed by atoms with Crippen LogP contribution in [0.5, 0.6) is 0 Å². The molecule has 6 nitrogen and oxygen atoms in total. The summed E-state index contributed by atoms with van der Waals surface area (Å²) < 4.78 is 5.25. The highest BCUT2D eigenvalue weighted by Crippen LogP contribution is 2.16. The molecule has 1 atom stereocenters. The van der Waals surface area contributed by atoms with Crippen LogP contribution < -0.4 is 11.1 Å². The molecule has 0 saturated heterocycles. The van der Waals surface area contributed by atoms with Crippen molar-refractivity contribution in [1.29, 1.82) is 0 Å². The molecule has 1 unspecified atom stereocenters. The fraction of sp³-hybridized carbons (Fsp3) is 0.231. The van der Waals surface area contributed by atoms with Gasteiger partial charge >= 0.3 is 5.97 Å². The number of aromatic carboxylic acids is 1. The van der Waals surface area contributed by atoms with Crippen molar-refractivity contribution in [2.45, 2.75) is 19.4 Å². The molecule has 0 amide bonds. The van der Waals surface area contributed by atoms with E-state index in [1.807, 2.05) is 19.1 Å². The second-order valence-corrected chi connectivity index (χ2v) is 4.29. The van der Waals surface area contributed by atoms with Crippen LogP contribution in [-0.2, 0) is 6.42 Å². The Labute approximate surface area is 110 Å². The van der Waals surface area contributed by atoms with Gasteiger partial charge in [-0.25, -0.2) is 9.78 Å². The molecular formula is C13H15N3O3. The van der Waals surface area contributed by atoms with Gasteiger partial charge in [0.15, 0.2) is 0 Å². The molecule has 2 aromatic heterocycles. The van der Waals surface area contributed by atoms with Gasteiger partial charge in [0.1, 0.15) is 11.6 Å². The maximum Gasteiger partial charge on any atom is 0.337 e. The first kappa shape index (κ1) is 12.9. The van der Waals surface area contributed by atoms with Gasteiger partial charge in [0.05, 0.1) is 23.7 Å². The highest BCUT2D eigenvalue weighted by Gasteiger charge is 2.11. The van der Waals surface area contributed by atoms with Crippen LogP contribution in [0.2, 0.25) is 0 Å². The average Bonchev–Trinajstić information content (AvgIpc) is 2.84. The minimum Gasteiger partial charge on any atom is -0.478 e. The largest absolute Gasteiger partial charge is 0.478 e. The van der Waals surface area contributed by atoms with Gasteiger partial charge in [-0.15, -0.1) is 0 Å². The summed E-state index contributed by atoms with van der Waals surface area (Å²) in [5, 5.41) is 12.1. The molecule has 0 aromatic carbocycles. The number of carbonyl (C=O) groups is 1. The van der Waals surface area contributed by atoms with E-state index in [2.05, 4.69) is 10.3 Å². The quantitative estimate of drug-likeness (QED) is 0.760. The van der Waals surface area contributed by atoms with Crippen molar-refractivity contribution >= 4 is 17.5 Å². The molecule has 0 spiro atoms. The van der Waals surface area contributed by atoms with Crippen molar-refractivity contribution in [2.75, 3.05) is 11.1 Å². The topological polar surface area (TPSA) is 101 Å². The number of hydrogen-bond acceptors (Lipinski definition) is 5. The van der Waals surface area contributed by atoms with Crippen LogP contribution in [0.3, 0.4) is 0 Å². The van der Waals surface area contributed by atoms with Gasteiger partial charge in [-0.05, 0) is 25.1 Å². The van der Waals surface area contributed by atoms with Gasteiger partial charge in [0.2, 0.25) is 0 Å². The number of rotatable bonds is 5. The normalized spacial score (nSPS) is 12.1. The van der Waals surface area contributed by atoms with Gasteiger partial charge in [-0.3, -0.25) is 0 Å². The lowest BCUT2D eigenvalue weighted by Crippen LogP contribution is -2.19. The second-order valence-electron chi connectivity index (χ2n) is 4.29. The fourth-order valence-electron chi connectivity index (χ4n) is 1.76. The molecule has 0 fully saturated rings. The Morgan fingerprint density at radius 2 is 2.42 bits per heavy atom. The van der Waals surface area contributed by atoms with E-state index in [0.717, 1.165) is 5.76 Å². The highest BCUT2D eigenvalue weighted by molar-refractivity contribution is 5.94. The molecule has 2 rings (SSSR count). The molecule has 0 saturated carbocycles. The molecule has 0 aliphatic carbocycles. The molecule has 2 heterocycles. The Morgan fingerprint density at radius 1 is 1.63 bits per heavy atom. The maximum atomic E-state index is 11.0. The Bertz CT molecular complexity index is 567. The molecule has 4 N–H and O–H groups in total. The molecule has 0 radical (unpaired) electrons. The molecule has 19 heavy (non-hydrogen) atoms. The summed E-state index contributed by atoms with van der Waals surface area (Å²) in [6.07, 6.45) is 3.64. The number of carboxylic acids is 1. The predicted molar refractivity (Wildman–Crippen MR) is 71.1 cm³/mol. The van der Waals surface area contributed by atoms with Crippen LogP contribution in [0.1, 0.15) is 23.0 Å². The summed E-state index contributed by atoms with van der Waals surface area (Å²) in [4.78, 5) is 15.0. The van der Waals surface area contributed by atoms with Crippen LogP contribution in [0.4, 0.5) is 11.5 Å². The SMILES string of the molecule is CC(Cc1ccco1)Nc1cc(C(=O)O)c(N)cn1. The number of nitrogens with one attached hydrogen (secondary N) is 1. The zero-order valence-electron chi connectivity index (χ0n) is 10.5. The number of pyridine rings is 1. The van der Waals surface area contributed by atoms with Crippen molar-refractivity contribution < 1.29 is 14.3 Å². The molecule has 0 aliphatic heterocycles. The Balaban J connectivity index is 2.06. The number of carboxylic acid groups (broad SMARTS) is 1. The second kappa shape index (κ2) is 5.43. The third-order valence-corrected chi connectivity index (χ3v) is 2.65. The van der Waals surface area contributed by atoms with Crippen LogP contribution in [0, 0.1) is 0 Å². The zero-order chi connectivity index (χ0) is 13.8. The lowest BCUT2D eigenvalue weighted by Gasteiger charge is -2.14. The maximum absolute atomic E-state index is 11.0. The summed E-state index contributed by atoms with van der Waals surface area (Å²) in [7, 11) is 0. The summed E-state index contributed by atoms with van der Waals surface area (Å²) in [5.41, 5.74) is 5.74. The first-order chi connectivity index (χ1) is 9.06. The van der Waals surface area contributed by atoms with E-state index in [1.54, 1.807) is 6.26 Å². The van der Waals surface area contributed by atoms with Gasteiger partial charge in [0.25, 0.3) is 0 Å². The van der Waals surface area contributed by atoms with Crippen molar-refractivity contribution in [2.24, 2.45) is 0 Å². The van der Waals surface area contributed by atoms with Gasteiger partial charge < -0.3 is 20.6 Å². The molecule has 0 bridgehead atoms. The number of furan rings is 1. The minimum absolute atomic E-state index is 0.0442. The summed E-state index contributed by atoms with van der Waals surface area (Å²) >= 11 is 0. The Hall–Kier alpha value is -2.50.